The molecule has 1 amide bonds. The van der Waals surface area contributed by atoms with E-state index in [2.05, 4.69) is 25.3 Å². The first kappa shape index (κ1) is 23.6. The monoisotopic (exact) mass is 503 g/mol. The van der Waals surface area contributed by atoms with Gasteiger partial charge in [0.1, 0.15) is 5.69 Å². The van der Waals surface area contributed by atoms with Gasteiger partial charge in [-0.25, -0.2) is 13.4 Å². The lowest BCUT2D eigenvalue weighted by Crippen LogP contribution is -2.25. The SMILES string of the molecule is COc1ncc2cc1NS(=O)(=O)c1cccc(c1)C(=O)NCCCCNc1ccnc3ccc-2cc13. The maximum absolute atomic E-state index is 13.2. The van der Waals surface area contributed by atoms with Crippen molar-refractivity contribution in [3.8, 4) is 17.0 Å². The minimum absolute atomic E-state index is 0.0360. The summed E-state index contributed by atoms with van der Waals surface area (Å²) in [6.07, 6.45) is 5.00. The molecule has 2 aromatic heterocycles. The van der Waals surface area contributed by atoms with Crippen LogP contribution in [0.2, 0.25) is 0 Å². The van der Waals surface area contributed by atoms with E-state index in [-0.39, 0.29) is 27.9 Å². The van der Waals surface area contributed by atoms with Crippen molar-refractivity contribution in [3.63, 3.8) is 0 Å². The zero-order valence-corrected chi connectivity index (χ0v) is 20.4. The van der Waals surface area contributed by atoms with E-state index in [1.54, 1.807) is 30.6 Å². The summed E-state index contributed by atoms with van der Waals surface area (Å²) in [7, 11) is -2.60. The van der Waals surface area contributed by atoms with E-state index >= 15 is 0 Å². The number of carbonyl (C=O) groups is 1. The van der Waals surface area contributed by atoms with Crippen molar-refractivity contribution in [2.24, 2.45) is 0 Å². The maximum atomic E-state index is 13.2. The van der Waals surface area contributed by atoms with E-state index in [9.17, 15) is 13.2 Å². The molecule has 4 aromatic rings. The highest BCUT2D eigenvalue weighted by atomic mass is 32.2. The molecule has 2 aromatic carbocycles. The molecule has 0 saturated heterocycles. The minimum Gasteiger partial charge on any atom is -0.480 e. The molecule has 3 heterocycles. The predicted octanol–water partition coefficient (Wildman–Crippen LogP) is 4.04. The summed E-state index contributed by atoms with van der Waals surface area (Å²) in [6, 6.07) is 15.4. The second-order valence-electron chi connectivity index (χ2n) is 8.39. The topological polar surface area (TPSA) is 122 Å². The fraction of sp³-hybridized carbons (Fsp3) is 0.192. The molecule has 0 unspecified atom stereocenters. The number of pyridine rings is 2. The van der Waals surface area contributed by atoms with Crippen LogP contribution in [0.5, 0.6) is 5.88 Å². The molecule has 0 fully saturated rings. The van der Waals surface area contributed by atoms with Gasteiger partial charge in [-0.15, -0.1) is 0 Å². The molecular formula is C26H25N5O4S. The van der Waals surface area contributed by atoms with Gasteiger partial charge in [0.25, 0.3) is 15.9 Å². The fourth-order valence-corrected chi connectivity index (χ4v) is 5.20. The van der Waals surface area contributed by atoms with Crippen molar-refractivity contribution in [1.29, 1.82) is 0 Å². The van der Waals surface area contributed by atoms with Gasteiger partial charge in [0.05, 0.1) is 17.5 Å². The molecule has 10 heteroatoms. The van der Waals surface area contributed by atoms with Crippen LogP contribution in [-0.4, -0.2) is 44.5 Å². The Labute approximate surface area is 209 Å². The van der Waals surface area contributed by atoms with Crippen LogP contribution in [-0.2, 0) is 10.0 Å². The average Bonchev–Trinajstić information content (AvgIpc) is 2.89. The lowest BCUT2D eigenvalue weighted by atomic mass is 10.0. The number of carbonyl (C=O) groups excluding carboxylic acids is 1. The lowest BCUT2D eigenvalue weighted by Gasteiger charge is -2.14. The summed E-state index contributed by atoms with van der Waals surface area (Å²) in [6.45, 7) is 1.21. The normalized spacial score (nSPS) is 15.5. The van der Waals surface area contributed by atoms with Crippen LogP contribution in [0.3, 0.4) is 0 Å². The van der Waals surface area contributed by atoms with Crippen LogP contribution in [0.25, 0.3) is 22.0 Å². The quantitative estimate of drug-likeness (QED) is 0.358. The molecule has 0 atom stereocenters. The first-order valence-corrected chi connectivity index (χ1v) is 13.0. The number of amides is 1. The highest BCUT2D eigenvalue weighted by Crippen LogP contribution is 2.33. The summed E-state index contributed by atoms with van der Waals surface area (Å²) in [4.78, 5) is 21.4. The fourth-order valence-electron chi connectivity index (χ4n) is 4.11. The maximum Gasteiger partial charge on any atom is 0.262 e. The van der Waals surface area contributed by atoms with Gasteiger partial charge in [0.2, 0.25) is 5.88 Å². The third-order valence-electron chi connectivity index (χ3n) is 5.97. The molecule has 0 aliphatic carbocycles. The molecule has 0 spiro atoms. The number of methoxy groups -OCH3 is 1. The molecule has 9 nitrogen and oxygen atoms in total. The van der Waals surface area contributed by atoms with Gasteiger partial charge in [-0.2, -0.15) is 0 Å². The molecule has 1 aliphatic heterocycles. The van der Waals surface area contributed by atoms with Crippen LogP contribution in [0, 0.1) is 0 Å². The number of anilines is 2. The number of fused-ring (bicyclic) bond motifs is 6. The highest BCUT2D eigenvalue weighted by Gasteiger charge is 2.20. The zero-order chi connectivity index (χ0) is 25.1. The van der Waals surface area contributed by atoms with Gasteiger partial charge in [-0.05, 0) is 60.9 Å². The Kier molecular flexibility index (Phi) is 6.43. The molecule has 0 saturated carbocycles. The number of benzene rings is 2. The lowest BCUT2D eigenvalue weighted by molar-refractivity contribution is 0.0953. The largest absolute Gasteiger partial charge is 0.480 e. The molecule has 6 bridgehead atoms. The van der Waals surface area contributed by atoms with Crippen molar-refractivity contribution in [1.82, 2.24) is 15.3 Å². The average molecular weight is 504 g/mol. The Morgan fingerprint density at radius 1 is 0.861 bits per heavy atom. The summed E-state index contributed by atoms with van der Waals surface area (Å²) in [5, 5.41) is 7.26. The summed E-state index contributed by atoms with van der Waals surface area (Å²) in [5.74, 6) is -0.196. The highest BCUT2D eigenvalue weighted by molar-refractivity contribution is 7.92. The van der Waals surface area contributed by atoms with Crippen molar-refractivity contribution in [3.05, 3.63) is 72.6 Å². The van der Waals surface area contributed by atoms with E-state index < -0.39 is 10.0 Å². The van der Waals surface area contributed by atoms with Crippen LogP contribution >= 0.6 is 0 Å². The van der Waals surface area contributed by atoms with Gasteiger partial charge >= 0.3 is 0 Å². The number of nitrogens with one attached hydrogen (secondary N) is 3. The van der Waals surface area contributed by atoms with Crippen molar-refractivity contribution < 1.29 is 17.9 Å². The smallest absolute Gasteiger partial charge is 0.262 e. The number of sulfonamides is 1. The third-order valence-corrected chi connectivity index (χ3v) is 7.34. The Hall–Kier alpha value is -4.18. The van der Waals surface area contributed by atoms with Gasteiger partial charge in [-0.1, -0.05) is 12.1 Å². The Morgan fingerprint density at radius 3 is 2.53 bits per heavy atom. The Bertz CT molecular complexity index is 1560. The summed E-state index contributed by atoms with van der Waals surface area (Å²) >= 11 is 0. The number of rotatable bonds is 1. The van der Waals surface area contributed by atoms with Crippen LogP contribution in [0.15, 0.2) is 71.9 Å². The number of nitrogens with zero attached hydrogens (tertiary/aromatic N) is 2. The number of ether oxygens (including phenoxy) is 1. The molecular weight excluding hydrogens is 478 g/mol. The molecule has 184 valence electrons. The van der Waals surface area contributed by atoms with Gasteiger partial charge in [0.15, 0.2) is 0 Å². The van der Waals surface area contributed by atoms with Gasteiger partial charge in [-0.3, -0.25) is 14.5 Å². The molecule has 1 aliphatic rings. The van der Waals surface area contributed by atoms with E-state index in [1.807, 2.05) is 24.3 Å². The van der Waals surface area contributed by atoms with Gasteiger partial charge < -0.3 is 15.4 Å². The molecule has 36 heavy (non-hydrogen) atoms. The van der Waals surface area contributed by atoms with E-state index in [4.69, 9.17) is 4.74 Å². The third kappa shape index (κ3) is 4.80. The first-order chi connectivity index (χ1) is 17.4. The van der Waals surface area contributed by atoms with Crippen molar-refractivity contribution in [2.45, 2.75) is 17.7 Å². The van der Waals surface area contributed by atoms with Crippen LogP contribution < -0.4 is 20.1 Å². The van der Waals surface area contributed by atoms with Crippen LogP contribution in [0.1, 0.15) is 23.2 Å². The van der Waals surface area contributed by atoms with Gasteiger partial charge in [0, 0.05) is 47.7 Å². The minimum atomic E-state index is -4.03. The second kappa shape index (κ2) is 9.82. The second-order valence-corrected chi connectivity index (χ2v) is 10.1. The molecule has 0 radical (unpaired) electrons. The molecule has 3 N–H and O–H groups in total. The predicted molar refractivity (Wildman–Crippen MR) is 139 cm³/mol. The van der Waals surface area contributed by atoms with E-state index in [1.165, 1.54) is 19.2 Å². The number of hydrogen-bond acceptors (Lipinski definition) is 7. The Morgan fingerprint density at radius 2 is 1.69 bits per heavy atom. The van der Waals surface area contributed by atoms with E-state index in [0.717, 1.165) is 41.5 Å². The molecule has 5 rings (SSSR count). The summed E-state index contributed by atoms with van der Waals surface area (Å²) in [5.41, 5.74) is 3.79. The first-order valence-electron chi connectivity index (χ1n) is 11.5. The standard InChI is InChI=1S/C26H25N5O4S/c1-35-26-24-15-19(16-30-26)17-7-8-22-21(14-17)23(9-12-28-22)27-10-2-3-11-29-25(32)18-5-4-6-20(13-18)36(33,34)31-24/h4-9,12-16,27,31H,2-3,10-11H2,1H3,(H,29,32). The zero-order valence-electron chi connectivity index (χ0n) is 19.6. The van der Waals surface area contributed by atoms with Crippen molar-refractivity contribution in [2.75, 3.05) is 30.2 Å². The summed E-state index contributed by atoms with van der Waals surface area (Å²) < 4.78 is 34.4. The van der Waals surface area contributed by atoms with Crippen LogP contribution in [0.4, 0.5) is 11.4 Å². The van der Waals surface area contributed by atoms with E-state index in [0.29, 0.717) is 12.1 Å². The Balaban J connectivity index is 1.62. The number of hydrogen-bond donors (Lipinski definition) is 3. The number of aromatic nitrogens is 2. The van der Waals surface area contributed by atoms with Crippen molar-refractivity contribution >= 4 is 38.2 Å².